The Morgan fingerprint density at radius 1 is 0.963 bits per heavy atom. The fourth-order valence-corrected chi connectivity index (χ4v) is 3.20. The Morgan fingerprint density at radius 3 is 2.19 bits per heavy atom. The number of rotatable bonds is 5. The van der Waals surface area contributed by atoms with Crippen LogP contribution in [0.1, 0.15) is 16.7 Å². The molecule has 2 aromatic rings. The molecular formula is C22H27N3O2. The van der Waals surface area contributed by atoms with Gasteiger partial charge in [0.25, 0.3) is 0 Å². The molecule has 2 aromatic carbocycles. The summed E-state index contributed by atoms with van der Waals surface area (Å²) < 4.78 is 0. The molecule has 5 heteroatoms. The zero-order valence-electron chi connectivity index (χ0n) is 16.3. The summed E-state index contributed by atoms with van der Waals surface area (Å²) in [5.74, 6) is 0.0223. The summed E-state index contributed by atoms with van der Waals surface area (Å²) in [5.41, 5.74) is 4.40. The highest BCUT2D eigenvalue weighted by Gasteiger charge is 2.27. The van der Waals surface area contributed by atoms with Crippen molar-refractivity contribution >= 4 is 17.5 Å². The minimum atomic E-state index is 0.0101. The third-order valence-corrected chi connectivity index (χ3v) is 4.97. The molecule has 1 saturated heterocycles. The molecule has 0 spiro atoms. The van der Waals surface area contributed by atoms with Gasteiger partial charge < -0.3 is 14.7 Å². The first-order valence-corrected chi connectivity index (χ1v) is 9.30. The minimum Gasteiger partial charge on any atom is -0.378 e. The predicted molar refractivity (Wildman–Crippen MR) is 108 cm³/mol. The molecule has 1 fully saturated rings. The van der Waals surface area contributed by atoms with Crippen molar-refractivity contribution in [2.24, 2.45) is 0 Å². The fraction of sp³-hybridized carbons (Fsp3) is 0.364. The van der Waals surface area contributed by atoms with Gasteiger partial charge in [-0.15, -0.1) is 0 Å². The van der Waals surface area contributed by atoms with Crippen molar-refractivity contribution in [2.45, 2.75) is 19.9 Å². The molecule has 0 bridgehead atoms. The van der Waals surface area contributed by atoms with E-state index >= 15 is 0 Å². The van der Waals surface area contributed by atoms with Crippen LogP contribution in [0.15, 0.2) is 48.5 Å². The Kier molecular flexibility index (Phi) is 5.79. The first kappa shape index (κ1) is 19.0. The van der Waals surface area contributed by atoms with E-state index in [4.69, 9.17) is 0 Å². The van der Waals surface area contributed by atoms with E-state index in [1.165, 1.54) is 5.56 Å². The molecule has 0 aromatic heterocycles. The van der Waals surface area contributed by atoms with Crippen molar-refractivity contribution in [3.05, 3.63) is 65.2 Å². The fourth-order valence-electron chi connectivity index (χ4n) is 3.20. The number of nitrogens with zero attached hydrogens (tertiary/aromatic N) is 3. The second kappa shape index (κ2) is 8.25. The molecule has 1 aliphatic rings. The summed E-state index contributed by atoms with van der Waals surface area (Å²) in [7, 11) is 3.98. The van der Waals surface area contributed by atoms with Gasteiger partial charge in [0.2, 0.25) is 11.8 Å². The van der Waals surface area contributed by atoms with Crippen LogP contribution in [-0.4, -0.2) is 55.3 Å². The van der Waals surface area contributed by atoms with Crippen molar-refractivity contribution in [1.29, 1.82) is 0 Å². The molecule has 1 heterocycles. The second-order valence-corrected chi connectivity index (χ2v) is 7.35. The van der Waals surface area contributed by atoms with E-state index in [2.05, 4.69) is 24.3 Å². The van der Waals surface area contributed by atoms with Gasteiger partial charge in [0.05, 0.1) is 13.0 Å². The monoisotopic (exact) mass is 365 g/mol. The Bertz CT molecular complexity index is 797. The lowest BCUT2D eigenvalue weighted by molar-refractivity contribution is -0.145. The molecule has 0 radical (unpaired) electrons. The highest BCUT2D eigenvalue weighted by atomic mass is 16.2. The number of hydrogen-bond donors (Lipinski definition) is 0. The highest BCUT2D eigenvalue weighted by molar-refractivity contribution is 5.87. The Balaban J connectivity index is 1.54. The molecule has 27 heavy (non-hydrogen) atoms. The average Bonchev–Trinajstić information content (AvgIpc) is 2.65. The minimum absolute atomic E-state index is 0.0101. The van der Waals surface area contributed by atoms with Gasteiger partial charge in [-0.3, -0.25) is 9.59 Å². The summed E-state index contributed by atoms with van der Waals surface area (Å²) in [6.45, 7) is 3.99. The lowest BCUT2D eigenvalue weighted by atomic mass is 10.1. The van der Waals surface area contributed by atoms with Crippen LogP contribution < -0.4 is 4.90 Å². The van der Waals surface area contributed by atoms with Gasteiger partial charge in [-0.05, 0) is 30.2 Å². The molecule has 0 unspecified atom stereocenters. The van der Waals surface area contributed by atoms with E-state index in [-0.39, 0.29) is 18.4 Å². The van der Waals surface area contributed by atoms with E-state index in [0.29, 0.717) is 26.1 Å². The summed E-state index contributed by atoms with van der Waals surface area (Å²) in [4.78, 5) is 30.6. The molecule has 0 N–H and O–H groups in total. The highest BCUT2D eigenvalue weighted by Crippen LogP contribution is 2.15. The quantitative estimate of drug-likeness (QED) is 0.818. The third kappa shape index (κ3) is 4.88. The average molecular weight is 365 g/mol. The zero-order valence-corrected chi connectivity index (χ0v) is 16.3. The van der Waals surface area contributed by atoms with Gasteiger partial charge in [-0.25, -0.2) is 0 Å². The molecule has 142 valence electrons. The van der Waals surface area contributed by atoms with Crippen molar-refractivity contribution in [3.8, 4) is 0 Å². The van der Waals surface area contributed by atoms with Gasteiger partial charge in [0, 0.05) is 39.4 Å². The van der Waals surface area contributed by atoms with E-state index < -0.39 is 0 Å². The van der Waals surface area contributed by atoms with Gasteiger partial charge >= 0.3 is 0 Å². The van der Waals surface area contributed by atoms with Crippen molar-refractivity contribution in [1.82, 2.24) is 9.80 Å². The smallest absolute Gasteiger partial charge is 0.242 e. The standard InChI is InChI=1S/C22H27N3O2/c1-17-4-6-19(7-5-17)15-24-12-13-25(16-22(24)27)21(26)14-18-8-10-20(11-9-18)23(2)3/h4-11H,12-16H2,1-3H3. The van der Waals surface area contributed by atoms with Crippen LogP contribution in [0.4, 0.5) is 5.69 Å². The van der Waals surface area contributed by atoms with Crippen LogP contribution in [0.5, 0.6) is 0 Å². The number of anilines is 1. The van der Waals surface area contributed by atoms with Crippen LogP contribution in [0.25, 0.3) is 0 Å². The Morgan fingerprint density at radius 2 is 1.59 bits per heavy atom. The van der Waals surface area contributed by atoms with Gasteiger partial charge in [-0.2, -0.15) is 0 Å². The summed E-state index contributed by atoms with van der Waals surface area (Å²) in [6, 6.07) is 16.2. The normalized spacial score (nSPS) is 14.4. The Labute approximate surface area is 161 Å². The van der Waals surface area contributed by atoms with Crippen LogP contribution in [-0.2, 0) is 22.6 Å². The van der Waals surface area contributed by atoms with E-state index in [1.807, 2.05) is 55.1 Å². The topological polar surface area (TPSA) is 43.9 Å². The summed E-state index contributed by atoms with van der Waals surface area (Å²) >= 11 is 0. The van der Waals surface area contributed by atoms with E-state index in [9.17, 15) is 9.59 Å². The Hall–Kier alpha value is -2.82. The molecular weight excluding hydrogens is 338 g/mol. The molecule has 0 atom stereocenters. The predicted octanol–water partition coefficient (Wildman–Crippen LogP) is 2.47. The first-order valence-electron chi connectivity index (χ1n) is 9.30. The first-order chi connectivity index (χ1) is 12.9. The van der Waals surface area contributed by atoms with E-state index in [1.54, 1.807) is 4.90 Å². The number of benzene rings is 2. The van der Waals surface area contributed by atoms with Crippen LogP contribution in [0, 0.1) is 6.92 Å². The molecule has 2 amide bonds. The number of amides is 2. The van der Waals surface area contributed by atoms with Crippen molar-refractivity contribution < 1.29 is 9.59 Å². The summed E-state index contributed by atoms with van der Waals surface area (Å²) in [6.07, 6.45) is 0.332. The van der Waals surface area contributed by atoms with Crippen LogP contribution in [0.2, 0.25) is 0 Å². The number of carbonyl (C=O) groups is 2. The zero-order chi connectivity index (χ0) is 19.4. The van der Waals surface area contributed by atoms with Crippen LogP contribution >= 0.6 is 0 Å². The molecule has 5 nitrogen and oxygen atoms in total. The molecule has 1 aliphatic heterocycles. The number of aryl methyl sites for hydroxylation is 1. The maximum absolute atomic E-state index is 12.6. The second-order valence-electron chi connectivity index (χ2n) is 7.35. The number of hydrogen-bond acceptors (Lipinski definition) is 3. The lowest BCUT2D eigenvalue weighted by Gasteiger charge is -2.34. The number of piperazine rings is 1. The molecule has 0 saturated carbocycles. The van der Waals surface area contributed by atoms with Crippen LogP contribution in [0.3, 0.4) is 0 Å². The number of carbonyl (C=O) groups excluding carboxylic acids is 2. The van der Waals surface area contributed by atoms with Gasteiger partial charge in [0.1, 0.15) is 0 Å². The van der Waals surface area contributed by atoms with Crippen molar-refractivity contribution in [3.63, 3.8) is 0 Å². The summed E-state index contributed by atoms with van der Waals surface area (Å²) in [5, 5.41) is 0. The molecule has 0 aliphatic carbocycles. The van der Waals surface area contributed by atoms with Crippen molar-refractivity contribution in [2.75, 3.05) is 38.6 Å². The van der Waals surface area contributed by atoms with Gasteiger partial charge in [-0.1, -0.05) is 42.0 Å². The van der Waals surface area contributed by atoms with Gasteiger partial charge in [0.15, 0.2) is 0 Å². The molecule has 3 rings (SSSR count). The lowest BCUT2D eigenvalue weighted by Crippen LogP contribution is -2.52. The SMILES string of the molecule is Cc1ccc(CN2CCN(C(=O)Cc3ccc(N(C)C)cc3)CC2=O)cc1. The largest absolute Gasteiger partial charge is 0.378 e. The maximum Gasteiger partial charge on any atom is 0.242 e. The van der Waals surface area contributed by atoms with E-state index in [0.717, 1.165) is 16.8 Å². The maximum atomic E-state index is 12.6. The third-order valence-electron chi connectivity index (χ3n) is 4.97.